The van der Waals surface area contributed by atoms with Crippen molar-refractivity contribution < 1.29 is 40.7 Å². The molecule has 0 fully saturated rings. The maximum Gasteiger partial charge on any atom is 0.416 e. The van der Waals surface area contributed by atoms with Crippen LogP contribution in [0.1, 0.15) is 35.3 Å². The standard InChI is InChI=1S/C22H18F6N2O3/c1-11(2)10-30-17-5-4-16(9-18(17)33-12(3)20(30)32)29-19(31)13-6-14(21(23,24)25)8-15(7-13)22(26,27)28/h4-9,12H,1,10H2,2-3H3,(H,29,31). The zero-order valence-corrected chi connectivity index (χ0v) is 17.4. The second-order valence-corrected chi connectivity index (χ2v) is 7.57. The van der Waals surface area contributed by atoms with Crippen LogP contribution in [0.2, 0.25) is 0 Å². The summed E-state index contributed by atoms with van der Waals surface area (Å²) in [4.78, 5) is 26.3. The Hall–Kier alpha value is -3.50. The van der Waals surface area contributed by atoms with Gasteiger partial charge in [0, 0.05) is 23.9 Å². The van der Waals surface area contributed by atoms with Crippen molar-refractivity contribution in [1.29, 1.82) is 0 Å². The summed E-state index contributed by atoms with van der Waals surface area (Å²) in [5.74, 6) is -1.28. The predicted molar refractivity (Wildman–Crippen MR) is 108 cm³/mol. The quantitative estimate of drug-likeness (QED) is 0.461. The van der Waals surface area contributed by atoms with Crippen LogP contribution in [0.25, 0.3) is 0 Å². The summed E-state index contributed by atoms with van der Waals surface area (Å²) in [5, 5.41) is 2.27. The number of ether oxygens (including phenoxy) is 1. The Balaban J connectivity index is 1.94. The molecule has 5 nitrogen and oxygen atoms in total. The summed E-state index contributed by atoms with van der Waals surface area (Å²) in [6.07, 6.45) is -11.0. The molecule has 0 aliphatic carbocycles. The van der Waals surface area contributed by atoms with E-state index in [1.54, 1.807) is 6.92 Å². The average molecular weight is 472 g/mol. The van der Waals surface area contributed by atoms with Crippen LogP contribution in [0, 0.1) is 0 Å². The molecule has 1 aliphatic heterocycles. The van der Waals surface area contributed by atoms with E-state index in [1.807, 2.05) is 0 Å². The molecule has 2 amide bonds. The predicted octanol–water partition coefficient (Wildman–Crippen LogP) is 5.67. The largest absolute Gasteiger partial charge is 0.479 e. The highest BCUT2D eigenvalue weighted by molar-refractivity contribution is 6.05. The molecule has 2 aromatic rings. The Morgan fingerprint density at radius 1 is 1.06 bits per heavy atom. The Kier molecular flexibility index (Phi) is 6.18. The summed E-state index contributed by atoms with van der Waals surface area (Å²) >= 11 is 0. The second kappa shape index (κ2) is 8.45. The maximum atomic E-state index is 13.1. The monoisotopic (exact) mass is 472 g/mol. The zero-order valence-electron chi connectivity index (χ0n) is 17.4. The lowest BCUT2D eigenvalue weighted by Crippen LogP contribution is -2.45. The minimum Gasteiger partial charge on any atom is -0.479 e. The Bertz CT molecular complexity index is 1090. The number of benzene rings is 2. The number of rotatable bonds is 4. The number of alkyl halides is 6. The van der Waals surface area contributed by atoms with E-state index in [9.17, 15) is 35.9 Å². The molecule has 1 aliphatic rings. The first-order valence-electron chi connectivity index (χ1n) is 9.54. The van der Waals surface area contributed by atoms with Gasteiger partial charge in [0.2, 0.25) is 0 Å². The Morgan fingerprint density at radius 2 is 1.64 bits per heavy atom. The first-order chi connectivity index (χ1) is 15.2. The number of nitrogens with one attached hydrogen (secondary N) is 1. The molecular formula is C22H18F6N2O3. The highest BCUT2D eigenvalue weighted by atomic mass is 19.4. The number of halogens is 6. The molecular weight excluding hydrogens is 454 g/mol. The van der Waals surface area contributed by atoms with Crippen LogP contribution in [-0.2, 0) is 17.1 Å². The van der Waals surface area contributed by atoms with Gasteiger partial charge in [-0.3, -0.25) is 9.59 Å². The molecule has 1 atom stereocenters. The summed E-state index contributed by atoms with van der Waals surface area (Å²) < 4.78 is 83.9. The normalized spacial score (nSPS) is 16.2. The molecule has 3 rings (SSSR count). The molecule has 33 heavy (non-hydrogen) atoms. The smallest absolute Gasteiger partial charge is 0.416 e. The van der Waals surface area contributed by atoms with Gasteiger partial charge < -0.3 is 15.0 Å². The fourth-order valence-corrected chi connectivity index (χ4v) is 3.21. The van der Waals surface area contributed by atoms with E-state index < -0.39 is 41.1 Å². The van der Waals surface area contributed by atoms with Crippen LogP contribution >= 0.6 is 0 Å². The van der Waals surface area contributed by atoms with Gasteiger partial charge in [-0.2, -0.15) is 26.3 Å². The molecule has 0 aromatic heterocycles. The van der Waals surface area contributed by atoms with Crippen molar-refractivity contribution in [2.75, 3.05) is 16.8 Å². The van der Waals surface area contributed by atoms with Crippen molar-refractivity contribution in [3.8, 4) is 5.75 Å². The molecule has 11 heteroatoms. The SMILES string of the molecule is C=C(C)CN1C(=O)C(C)Oc2cc(NC(=O)c3cc(C(F)(F)F)cc(C(F)(F)F)c3)ccc21. The highest BCUT2D eigenvalue weighted by Crippen LogP contribution is 2.38. The zero-order chi connectivity index (χ0) is 24.7. The van der Waals surface area contributed by atoms with Gasteiger partial charge in [-0.05, 0) is 44.2 Å². The van der Waals surface area contributed by atoms with E-state index in [0.717, 1.165) is 0 Å². The number of anilines is 2. The number of carbonyl (C=O) groups is 2. The minimum absolute atomic E-state index is 0.0570. The molecule has 2 aromatic carbocycles. The third-order valence-electron chi connectivity index (χ3n) is 4.70. The first-order valence-corrected chi connectivity index (χ1v) is 9.54. The van der Waals surface area contributed by atoms with Gasteiger partial charge in [-0.1, -0.05) is 12.2 Å². The van der Waals surface area contributed by atoms with E-state index in [2.05, 4.69) is 11.9 Å². The van der Waals surface area contributed by atoms with Crippen LogP contribution in [0.4, 0.5) is 37.7 Å². The molecule has 0 saturated carbocycles. The number of hydrogen-bond donors (Lipinski definition) is 1. The number of hydrogen-bond acceptors (Lipinski definition) is 3. The number of nitrogens with zero attached hydrogens (tertiary/aromatic N) is 1. The third-order valence-corrected chi connectivity index (χ3v) is 4.70. The minimum atomic E-state index is -5.08. The molecule has 1 N–H and O–H groups in total. The van der Waals surface area contributed by atoms with Gasteiger partial charge in [-0.15, -0.1) is 0 Å². The van der Waals surface area contributed by atoms with Crippen LogP contribution in [0.15, 0.2) is 48.6 Å². The van der Waals surface area contributed by atoms with Crippen LogP contribution in [0.5, 0.6) is 5.75 Å². The number of amides is 2. The van der Waals surface area contributed by atoms with E-state index in [-0.39, 0.29) is 30.0 Å². The van der Waals surface area contributed by atoms with Crippen molar-refractivity contribution in [2.45, 2.75) is 32.3 Å². The molecule has 0 bridgehead atoms. The lowest BCUT2D eigenvalue weighted by Gasteiger charge is -2.33. The van der Waals surface area contributed by atoms with Crippen molar-refractivity contribution >= 4 is 23.2 Å². The Labute approximate surface area is 184 Å². The van der Waals surface area contributed by atoms with Gasteiger partial charge in [-0.25, -0.2) is 0 Å². The lowest BCUT2D eigenvalue weighted by molar-refractivity contribution is -0.143. The lowest BCUT2D eigenvalue weighted by atomic mass is 10.0. The van der Waals surface area contributed by atoms with Crippen molar-refractivity contribution in [2.24, 2.45) is 0 Å². The third kappa shape index (κ3) is 5.29. The average Bonchev–Trinajstić information content (AvgIpc) is 2.69. The molecule has 0 radical (unpaired) electrons. The summed E-state index contributed by atoms with van der Waals surface area (Å²) in [5.41, 5.74) is -2.87. The van der Waals surface area contributed by atoms with E-state index >= 15 is 0 Å². The van der Waals surface area contributed by atoms with E-state index in [4.69, 9.17) is 4.74 Å². The topological polar surface area (TPSA) is 58.6 Å². The Morgan fingerprint density at radius 3 is 2.15 bits per heavy atom. The molecule has 0 spiro atoms. The summed E-state index contributed by atoms with van der Waals surface area (Å²) in [6.45, 7) is 7.23. The molecule has 176 valence electrons. The number of fused-ring (bicyclic) bond motifs is 1. The van der Waals surface area contributed by atoms with Gasteiger partial charge in [0.05, 0.1) is 16.8 Å². The van der Waals surface area contributed by atoms with Gasteiger partial charge in [0.1, 0.15) is 5.75 Å². The van der Waals surface area contributed by atoms with E-state index in [1.165, 1.54) is 30.0 Å². The van der Waals surface area contributed by atoms with Gasteiger partial charge in [0.25, 0.3) is 11.8 Å². The fourth-order valence-electron chi connectivity index (χ4n) is 3.21. The molecule has 0 saturated heterocycles. The second-order valence-electron chi connectivity index (χ2n) is 7.57. The van der Waals surface area contributed by atoms with Crippen LogP contribution in [0.3, 0.4) is 0 Å². The highest BCUT2D eigenvalue weighted by Gasteiger charge is 2.37. The van der Waals surface area contributed by atoms with Crippen LogP contribution < -0.4 is 15.0 Å². The number of carbonyl (C=O) groups excluding carboxylic acids is 2. The van der Waals surface area contributed by atoms with Crippen LogP contribution in [-0.4, -0.2) is 24.5 Å². The van der Waals surface area contributed by atoms with Crippen molar-refractivity contribution in [1.82, 2.24) is 0 Å². The maximum absolute atomic E-state index is 13.1. The van der Waals surface area contributed by atoms with E-state index in [0.29, 0.717) is 23.4 Å². The summed E-state index contributed by atoms with van der Waals surface area (Å²) in [7, 11) is 0. The van der Waals surface area contributed by atoms with Gasteiger partial charge >= 0.3 is 12.4 Å². The first kappa shape index (κ1) is 24.1. The summed E-state index contributed by atoms with van der Waals surface area (Å²) in [6, 6.07) is 4.76. The van der Waals surface area contributed by atoms with Gasteiger partial charge in [0.15, 0.2) is 6.10 Å². The van der Waals surface area contributed by atoms with Crippen molar-refractivity contribution in [3.63, 3.8) is 0 Å². The fraction of sp³-hybridized carbons (Fsp3) is 0.273. The molecule has 1 heterocycles. The van der Waals surface area contributed by atoms with Crippen molar-refractivity contribution in [3.05, 3.63) is 65.2 Å². The molecule has 1 unspecified atom stereocenters.